The average Bonchev–Trinajstić information content (AvgIpc) is 1.79. The average molecular weight is 151 g/mol. The summed E-state index contributed by atoms with van der Waals surface area (Å²) < 4.78 is 5.01. The molecule has 1 rings (SSSR count). The van der Waals surface area contributed by atoms with E-state index in [-0.39, 0.29) is 0 Å². The highest BCUT2D eigenvalue weighted by Gasteiger charge is 2.19. The summed E-state index contributed by atoms with van der Waals surface area (Å²) in [6.45, 7) is 9.02. The molecule has 0 spiro atoms. The van der Waals surface area contributed by atoms with E-state index in [9.17, 15) is 0 Å². The van der Waals surface area contributed by atoms with Crippen molar-refractivity contribution in [3.63, 3.8) is 0 Å². The molecule has 0 aromatic rings. The van der Waals surface area contributed by atoms with E-state index in [2.05, 4.69) is 13.2 Å². The van der Waals surface area contributed by atoms with Crippen molar-refractivity contribution in [2.24, 2.45) is 11.7 Å². The molecule has 0 amide bonds. The Hall–Kier alpha value is -1.02. The second-order valence-electron chi connectivity index (χ2n) is 2.72. The maximum absolute atomic E-state index is 5.35. The van der Waals surface area contributed by atoms with Crippen LogP contribution in [-0.4, -0.2) is 13.2 Å². The Morgan fingerprint density at radius 2 is 2.00 bits per heavy atom. The molecule has 11 heavy (non-hydrogen) atoms. The van der Waals surface area contributed by atoms with E-state index < -0.39 is 0 Å². The van der Waals surface area contributed by atoms with Gasteiger partial charge in [-0.3, -0.25) is 0 Å². The summed E-state index contributed by atoms with van der Waals surface area (Å²) in [4.78, 5) is 0. The smallest absolute Gasteiger partial charge is 0.0557 e. The molecule has 1 aliphatic heterocycles. The zero-order valence-corrected chi connectivity index (χ0v) is 6.55. The molecular weight excluding hydrogens is 138 g/mol. The van der Waals surface area contributed by atoms with E-state index in [1.165, 1.54) is 0 Å². The van der Waals surface area contributed by atoms with E-state index in [1.54, 1.807) is 6.08 Å². The Labute approximate surface area is 67.0 Å². The Bertz CT molecular complexity index is 202. The summed E-state index contributed by atoms with van der Waals surface area (Å²) in [6, 6.07) is 0. The normalized spacial score (nSPS) is 18.2. The van der Waals surface area contributed by atoms with Crippen molar-refractivity contribution in [1.29, 1.82) is 0 Å². The maximum atomic E-state index is 5.35. The van der Waals surface area contributed by atoms with Gasteiger partial charge in [0.15, 0.2) is 0 Å². The minimum Gasteiger partial charge on any atom is -0.399 e. The molecule has 1 fully saturated rings. The van der Waals surface area contributed by atoms with Crippen molar-refractivity contribution < 1.29 is 4.74 Å². The lowest BCUT2D eigenvalue weighted by Crippen LogP contribution is -2.28. The fraction of sp³-hybridized carbons (Fsp3) is 0.333. The largest absolute Gasteiger partial charge is 0.399 e. The van der Waals surface area contributed by atoms with Gasteiger partial charge in [-0.1, -0.05) is 19.2 Å². The highest BCUT2D eigenvalue weighted by atomic mass is 16.5. The number of allylic oxidation sites excluding steroid dienone is 2. The van der Waals surface area contributed by atoms with Gasteiger partial charge in [0.25, 0.3) is 0 Å². The number of nitrogens with two attached hydrogens (primary N) is 1. The predicted molar refractivity (Wildman–Crippen MR) is 45.9 cm³/mol. The van der Waals surface area contributed by atoms with Crippen molar-refractivity contribution in [2.45, 2.75) is 0 Å². The van der Waals surface area contributed by atoms with Gasteiger partial charge < -0.3 is 10.5 Å². The molecule has 0 bridgehead atoms. The fourth-order valence-electron chi connectivity index (χ4n) is 0.800. The highest BCUT2D eigenvalue weighted by molar-refractivity contribution is 5.25. The van der Waals surface area contributed by atoms with Gasteiger partial charge in [0, 0.05) is 11.6 Å². The van der Waals surface area contributed by atoms with Crippen LogP contribution in [0.1, 0.15) is 0 Å². The van der Waals surface area contributed by atoms with Crippen LogP contribution in [0, 0.1) is 5.92 Å². The fourth-order valence-corrected chi connectivity index (χ4v) is 0.800. The number of ether oxygens (including phenoxy) is 1. The van der Waals surface area contributed by atoms with Crippen molar-refractivity contribution in [1.82, 2.24) is 0 Å². The zero-order valence-electron chi connectivity index (χ0n) is 6.55. The number of hydrogen-bond acceptors (Lipinski definition) is 2. The topological polar surface area (TPSA) is 35.2 Å². The van der Waals surface area contributed by atoms with Gasteiger partial charge in [0.2, 0.25) is 0 Å². The molecule has 0 saturated carbocycles. The molecule has 1 heterocycles. The Morgan fingerprint density at radius 3 is 2.36 bits per heavy atom. The van der Waals surface area contributed by atoms with Crippen molar-refractivity contribution in [3.05, 3.63) is 36.6 Å². The highest BCUT2D eigenvalue weighted by Crippen LogP contribution is 2.19. The lowest BCUT2D eigenvalue weighted by molar-refractivity contribution is -0.0114. The summed E-state index contributed by atoms with van der Waals surface area (Å²) in [5, 5.41) is 0. The molecule has 2 heteroatoms. The summed E-state index contributed by atoms with van der Waals surface area (Å²) in [6.07, 6.45) is 3.66. The third-order valence-electron chi connectivity index (χ3n) is 1.67. The van der Waals surface area contributed by atoms with E-state index in [0.29, 0.717) is 11.6 Å². The van der Waals surface area contributed by atoms with Crippen LogP contribution in [0.25, 0.3) is 0 Å². The van der Waals surface area contributed by atoms with Crippen LogP contribution < -0.4 is 5.73 Å². The van der Waals surface area contributed by atoms with Gasteiger partial charge in [-0.15, -0.1) is 0 Å². The minimum absolute atomic E-state index is 0.491. The van der Waals surface area contributed by atoms with Crippen LogP contribution >= 0.6 is 0 Å². The van der Waals surface area contributed by atoms with Gasteiger partial charge in [0.05, 0.1) is 13.2 Å². The van der Waals surface area contributed by atoms with Crippen molar-refractivity contribution in [2.75, 3.05) is 13.2 Å². The molecule has 60 valence electrons. The summed E-state index contributed by atoms with van der Waals surface area (Å²) >= 11 is 0. The van der Waals surface area contributed by atoms with Gasteiger partial charge in [-0.05, 0) is 11.6 Å². The van der Waals surface area contributed by atoms with E-state index in [4.69, 9.17) is 10.5 Å². The SMILES string of the molecule is C=C(N)/C=C\C(=C)C1COC1. The third-order valence-corrected chi connectivity index (χ3v) is 1.67. The Balaban J connectivity index is 2.36. The van der Waals surface area contributed by atoms with Gasteiger partial charge in [-0.25, -0.2) is 0 Å². The molecular formula is C9H13NO. The van der Waals surface area contributed by atoms with Crippen molar-refractivity contribution >= 4 is 0 Å². The minimum atomic E-state index is 0.491. The molecule has 1 saturated heterocycles. The Morgan fingerprint density at radius 1 is 1.36 bits per heavy atom. The quantitative estimate of drug-likeness (QED) is 0.615. The zero-order chi connectivity index (χ0) is 8.27. The first-order valence-corrected chi connectivity index (χ1v) is 3.59. The molecule has 1 aliphatic rings. The van der Waals surface area contributed by atoms with Crippen LogP contribution in [0.4, 0.5) is 0 Å². The van der Waals surface area contributed by atoms with Gasteiger partial charge in [0.1, 0.15) is 0 Å². The lowest BCUT2D eigenvalue weighted by Gasteiger charge is -2.26. The number of hydrogen-bond donors (Lipinski definition) is 1. The first-order chi connectivity index (χ1) is 5.20. The molecule has 0 aromatic carbocycles. The van der Waals surface area contributed by atoms with E-state index >= 15 is 0 Å². The first-order valence-electron chi connectivity index (χ1n) is 3.59. The summed E-state index contributed by atoms with van der Waals surface area (Å²) in [7, 11) is 0. The van der Waals surface area contributed by atoms with Crippen molar-refractivity contribution in [3.8, 4) is 0 Å². The summed E-state index contributed by atoms with van der Waals surface area (Å²) in [5.41, 5.74) is 6.98. The van der Waals surface area contributed by atoms with Crippen LogP contribution in [0.2, 0.25) is 0 Å². The van der Waals surface area contributed by atoms with Crippen LogP contribution in [0.5, 0.6) is 0 Å². The lowest BCUT2D eigenvalue weighted by atomic mass is 9.98. The molecule has 2 N–H and O–H groups in total. The van der Waals surface area contributed by atoms with Crippen LogP contribution in [-0.2, 0) is 4.74 Å². The van der Waals surface area contributed by atoms with Gasteiger partial charge >= 0.3 is 0 Å². The first kappa shape index (κ1) is 8.08. The monoisotopic (exact) mass is 151 g/mol. The maximum Gasteiger partial charge on any atom is 0.0557 e. The molecule has 0 unspecified atom stereocenters. The van der Waals surface area contributed by atoms with E-state index in [1.807, 2.05) is 6.08 Å². The Kier molecular flexibility index (Phi) is 2.49. The molecule has 0 atom stereocenters. The molecule has 0 radical (unpaired) electrons. The summed E-state index contributed by atoms with van der Waals surface area (Å²) in [5.74, 6) is 0.491. The van der Waals surface area contributed by atoms with Gasteiger partial charge in [-0.2, -0.15) is 0 Å². The van der Waals surface area contributed by atoms with E-state index in [0.717, 1.165) is 18.8 Å². The standard InChI is InChI=1S/C9H13NO/c1-7(3-4-8(2)10)9-5-11-6-9/h3-4,9H,1-2,5-6,10H2/b4-3-. The second kappa shape index (κ2) is 3.39. The third kappa shape index (κ3) is 2.24. The van der Waals surface area contributed by atoms with Crippen LogP contribution in [0.15, 0.2) is 36.6 Å². The number of rotatable bonds is 3. The molecule has 2 nitrogen and oxygen atoms in total. The van der Waals surface area contributed by atoms with Crippen LogP contribution in [0.3, 0.4) is 0 Å². The molecule has 0 aliphatic carbocycles. The predicted octanol–water partition coefficient (Wildman–Crippen LogP) is 1.22. The molecule has 0 aromatic heterocycles. The second-order valence-corrected chi connectivity index (χ2v) is 2.72.